The highest BCUT2D eigenvalue weighted by atomic mass is 32.2. The minimum absolute atomic E-state index is 0.0849. The number of hydrogen-bond donors (Lipinski definition) is 1. The summed E-state index contributed by atoms with van der Waals surface area (Å²) in [6, 6.07) is 23.0. The summed E-state index contributed by atoms with van der Waals surface area (Å²) in [4.78, 5) is 12.1. The van der Waals surface area contributed by atoms with Crippen molar-refractivity contribution in [2.24, 2.45) is 0 Å². The van der Waals surface area contributed by atoms with Gasteiger partial charge in [-0.05, 0) is 55.3 Å². The van der Waals surface area contributed by atoms with E-state index in [-0.39, 0.29) is 24.0 Å². The summed E-state index contributed by atoms with van der Waals surface area (Å²) in [5, 5.41) is 2.80. The number of amides is 1. The molecule has 7 heteroatoms. The molecule has 6 nitrogen and oxygen atoms in total. The quantitative estimate of drug-likeness (QED) is 0.416. The summed E-state index contributed by atoms with van der Waals surface area (Å²) in [6.45, 7) is 4.71. The van der Waals surface area contributed by atoms with E-state index in [4.69, 9.17) is 4.74 Å². The van der Waals surface area contributed by atoms with Gasteiger partial charge in [-0.3, -0.25) is 9.10 Å². The van der Waals surface area contributed by atoms with Crippen LogP contribution in [0.25, 0.3) is 0 Å². The molecule has 33 heavy (non-hydrogen) atoms. The highest BCUT2D eigenvalue weighted by Crippen LogP contribution is 2.28. The second-order valence-corrected chi connectivity index (χ2v) is 9.66. The van der Waals surface area contributed by atoms with E-state index in [9.17, 15) is 13.2 Å². The molecule has 3 aromatic rings. The number of benzene rings is 3. The summed E-state index contributed by atoms with van der Waals surface area (Å²) in [6.07, 6.45) is 1.93. The molecule has 0 aliphatic rings. The first-order valence-corrected chi connectivity index (χ1v) is 12.5. The van der Waals surface area contributed by atoms with Gasteiger partial charge in [0.1, 0.15) is 5.75 Å². The Labute approximate surface area is 196 Å². The zero-order chi connectivity index (χ0) is 23.7. The van der Waals surface area contributed by atoms with Gasteiger partial charge >= 0.3 is 0 Å². The molecule has 3 rings (SSSR count). The Bertz CT molecular complexity index is 1130. The molecular weight excluding hydrogens is 436 g/mol. The number of rotatable bonds is 11. The van der Waals surface area contributed by atoms with Gasteiger partial charge in [-0.1, -0.05) is 61.4 Å². The van der Waals surface area contributed by atoms with Crippen LogP contribution in [-0.4, -0.2) is 27.5 Å². The van der Waals surface area contributed by atoms with E-state index in [1.807, 2.05) is 37.3 Å². The third-order valence-corrected chi connectivity index (χ3v) is 6.91. The van der Waals surface area contributed by atoms with Crippen molar-refractivity contribution in [2.45, 2.75) is 38.1 Å². The molecule has 0 radical (unpaired) electrons. The maximum absolute atomic E-state index is 13.5. The van der Waals surface area contributed by atoms with Crippen LogP contribution in [0.2, 0.25) is 0 Å². The fourth-order valence-electron chi connectivity index (χ4n) is 3.21. The van der Waals surface area contributed by atoms with Gasteiger partial charge in [0.25, 0.3) is 15.9 Å². The summed E-state index contributed by atoms with van der Waals surface area (Å²) in [7, 11) is -3.79. The number of hydrogen-bond acceptors (Lipinski definition) is 4. The summed E-state index contributed by atoms with van der Waals surface area (Å²) in [5.41, 5.74) is 2.38. The average molecular weight is 467 g/mol. The van der Waals surface area contributed by atoms with E-state index in [0.29, 0.717) is 18.0 Å². The third-order valence-electron chi connectivity index (χ3n) is 5.13. The lowest BCUT2D eigenvalue weighted by atomic mass is 10.2. The number of sulfonamides is 1. The molecule has 1 N–H and O–H groups in total. The van der Waals surface area contributed by atoms with Gasteiger partial charge in [-0.25, -0.2) is 8.42 Å². The van der Waals surface area contributed by atoms with Crippen LogP contribution in [0.5, 0.6) is 5.75 Å². The van der Waals surface area contributed by atoms with Crippen LogP contribution in [0, 0.1) is 6.92 Å². The van der Waals surface area contributed by atoms with Crippen LogP contribution in [-0.2, 0) is 21.4 Å². The van der Waals surface area contributed by atoms with Gasteiger partial charge in [0.2, 0.25) is 0 Å². The van der Waals surface area contributed by atoms with E-state index in [1.165, 1.54) is 4.31 Å². The molecule has 0 aliphatic heterocycles. The van der Waals surface area contributed by atoms with E-state index in [1.54, 1.807) is 48.5 Å². The molecule has 0 spiro atoms. The molecule has 1 amide bonds. The molecule has 3 aromatic carbocycles. The average Bonchev–Trinajstić information content (AvgIpc) is 2.83. The minimum Gasteiger partial charge on any atom is -0.484 e. The van der Waals surface area contributed by atoms with Gasteiger partial charge in [-0.2, -0.15) is 0 Å². The van der Waals surface area contributed by atoms with Crippen molar-refractivity contribution in [1.29, 1.82) is 0 Å². The van der Waals surface area contributed by atoms with Crippen LogP contribution >= 0.6 is 0 Å². The second-order valence-electron chi connectivity index (χ2n) is 7.80. The first-order chi connectivity index (χ1) is 15.9. The molecule has 0 unspecified atom stereocenters. The zero-order valence-electron chi connectivity index (χ0n) is 19.0. The van der Waals surface area contributed by atoms with Crippen molar-refractivity contribution in [2.75, 3.05) is 17.5 Å². The van der Waals surface area contributed by atoms with Crippen LogP contribution in [0.1, 0.15) is 30.9 Å². The van der Waals surface area contributed by atoms with Crippen molar-refractivity contribution in [3.8, 4) is 5.75 Å². The maximum Gasteiger partial charge on any atom is 0.264 e. The Hall–Kier alpha value is -3.32. The highest BCUT2D eigenvalue weighted by Gasteiger charge is 2.25. The lowest BCUT2D eigenvalue weighted by Gasteiger charge is -2.25. The van der Waals surface area contributed by atoms with Gasteiger partial charge < -0.3 is 10.1 Å². The molecule has 0 aliphatic carbocycles. The fraction of sp³-hybridized carbons (Fsp3) is 0.269. The predicted molar refractivity (Wildman–Crippen MR) is 131 cm³/mol. The topological polar surface area (TPSA) is 75.7 Å². The minimum atomic E-state index is -3.79. The number of nitrogens with zero attached hydrogens (tertiary/aromatic N) is 1. The molecular formula is C26H30N2O4S. The van der Waals surface area contributed by atoms with Gasteiger partial charge in [0, 0.05) is 6.54 Å². The first kappa shape index (κ1) is 24.3. The van der Waals surface area contributed by atoms with Crippen LogP contribution in [0.15, 0.2) is 83.8 Å². The lowest BCUT2D eigenvalue weighted by Crippen LogP contribution is -2.30. The molecule has 0 saturated heterocycles. The fourth-order valence-corrected chi connectivity index (χ4v) is 4.67. The van der Waals surface area contributed by atoms with Crippen molar-refractivity contribution < 1.29 is 17.9 Å². The third kappa shape index (κ3) is 6.83. The Kier molecular flexibility index (Phi) is 8.49. The number of ether oxygens (including phenoxy) is 1. The Balaban J connectivity index is 1.80. The highest BCUT2D eigenvalue weighted by molar-refractivity contribution is 7.92. The standard InChI is InChI=1S/C26H30N2O4S/c1-3-4-18-27-26(29)20-32-24-14-12-23(13-15-24)28(19-22-8-6-5-7-9-22)33(30,31)25-16-10-21(2)11-17-25/h5-17H,3-4,18-20H2,1-2H3,(H,27,29). The van der Waals surface area contributed by atoms with Gasteiger partial charge in [-0.15, -0.1) is 0 Å². The molecule has 174 valence electrons. The Morgan fingerprint density at radius 1 is 0.939 bits per heavy atom. The van der Waals surface area contributed by atoms with Crippen molar-refractivity contribution >= 4 is 21.6 Å². The molecule has 0 bridgehead atoms. The number of nitrogens with one attached hydrogen (secondary N) is 1. The largest absolute Gasteiger partial charge is 0.484 e. The van der Waals surface area contributed by atoms with Crippen LogP contribution in [0.3, 0.4) is 0 Å². The van der Waals surface area contributed by atoms with Crippen molar-refractivity contribution in [3.63, 3.8) is 0 Å². The van der Waals surface area contributed by atoms with E-state index in [2.05, 4.69) is 12.2 Å². The number of aryl methyl sites for hydroxylation is 1. The molecule has 0 aromatic heterocycles. The second kappa shape index (κ2) is 11.5. The molecule has 0 heterocycles. The normalized spacial score (nSPS) is 11.1. The van der Waals surface area contributed by atoms with E-state index >= 15 is 0 Å². The Morgan fingerprint density at radius 3 is 2.24 bits per heavy atom. The maximum atomic E-state index is 13.5. The zero-order valence-corrected chi connectivity index (χ0v) is 19.8. The smallest absolute Gasteiger partial charge is 0.264 e. The Morgan fingerprint density at radius 2 is 1.61 bits per heavy atom. The van der Waals surface area contributed by atoms with Gasteiger partial charge in [0.15, 0.2) is 6.61 Å². The van der Waals surface area contributed by atoms with Crippen LogP contribution in [0.4, 0.5) is 5.69 Å². The van der Waals surface area contributed by atoms with Gasteiger partial charge in [0.05, 0.1) is 17.1 Å². The first-order valence-electron chi connectivity index (χ1n) is 11.0. The summed E-state index contributed by atoms with van der Waals surface area (Å²) >= 11 is 0. The van der Waals surface area contributed by atoms with E-state index < -0.39 is 10.0 Å². The lowest BCUT2D eigenvalue weighted by molar-refractivity contribution is -0.123. The summed E-state index contributed by atoms with van der Waals surface area (Å²) < 4.78 is 34.0. The molecule has 0 atom stereocenters. The predicted octanol–water partition coefficient (Wildman–Crippen LogP) is 4.69. The number of anilines is 1. The monoisotopic (exact) mass is 466 g/mol. The SMILES string of the molecule is CCCCNC(=O)COc1ccc(N(Cc2ccccc2)S(=O)(=O)c2ccc(C)cc2)cc1. The van der Waals surface area contributed by atoms with Crippen LogP contribution < -0.4 is 14.4 Å². The number of unbranched alkanes of at least 4 members (excludes halogenated alkanes) is 1. The van der Waals surface area contributed by atoms with Crippen molar-refractivity contribution in [1.82, 2.24) is 5.32 Å². The van der Waals surface area contributed by atoms with Crippen molar-refractivity contribution in [3.05, 3.63) is 90.0 Å². The van der Waals surface area contributed by atoms with E-state index in [0.717, 1.165) is 24.0 Å². The summed E-state index contributed by atoms with van der Waals surface area (Å²) in [5.74, 6) is 0.317. The molecule has 0 saturated carbocycles. The number of carbonyl (C=O) groups excluding carboxylic acids is 1. The molecule has 0 fully saturated rings. The number of carbonyl (C=O) groups is 1.